The van der Waals surface area contributed by atoms with E-state index in [0.717, 1.165) is 10.1 Å². The Hall–Kier alpha value is -0.810. The van der Waals surface area contributed by atoms with Crippen LogP contribution in [0.5, 0.6) is 0 Å². The highest BCUT2D eigenvalue weighted by atomic mass is 35.5. The fourth-order valence-electron chi connectivity index (χ4n) is 1.66. The maximum absolute atomic E-state index is 12.2. The lowest BCUT2D eigenvalue weighted by molar-refractivity contribution is 0.0519. The zero-order chi connectivity index (χ0) is 14.9. The molecule has 1 amide bonds. The molecule has 2 aromatic rings. The quantitative estimate of drug-likeness (QED) is 0.886. The van der Waals surface area contributed by atoms with E-state index in [2.05, 4.69) is 5.32 Å². The van der Waals surface area contributed by atoms with Gasteiger partial charge in [-0.15, -0.1) is 11.3 Å². The molecule has 1 aromatic carbocycles. The lowest BCUT2D eigenvalue weighted by atomic mass is 10.0. The third-order valence-corrected chi connectivity index (χ3v) is 5.08. The number of fused-ring (bicyclic) bond motifs is 1. The van der Waals surface area contributed by atoms with Gasteiger partial charge >= 0.3 is 0 Å². The van der Waals surface area contributed by atoms with Crippen molar-refractivity contribution in [2.24, 2.45) is 0 Å². The highest BCUT2D eigenvalue weighted by Gasteiger charge is 2.22. The molecule has 0 radical (unpaired) electrons. The van der Waals surface area contributed by atoms with Crippen molar-refractivity contribution < 1.29 is 9.90 Å². The first kappa shape index (κ1) is 15.6. The van der Waals surface area contributed by atoms with Gasteiger partial charge in [0, 0.05) is 21.7 Å². The molecule has 2 rings (SSSR count). The molecule has 2 N–H and O–H groups in total. The summed E-state index contributed by atoms with van der Waals surface area (Å²) >= 11 is 13.5. The molecule has 0 aliphatic carbocycles. The average Bonchev–Trinajstić information content (AvgIpc) is 2.73. The van der Waals surface area contributed by atoms with E-state index in [9.17, 15) is 9.90 Å². The Kier molecular flexibility index (Phi) is 4.59. The van der Waals surface area contributed by atoms with Gasteiger partial charge in [-0.25, -0.2) is 0 Å². The molecule has 0 saturated carbocycles. The van der Waals surface area contributed by atoms with Crippen LogP contribution in [0.3, 0.4) is 0 Å². The van der Waals surface area contributed by atoms with Crippen LogP contribution in [0, 0.1) is 0 Å². The van der Waals surface area contributed by atoms with Crippen molar-refractivity contribution in [3.8, 4) is 0 Å². The number of rotatable bonds is 4. The summed E-state index contributed by atoms with van der Waals surface area (Å²) in [6.07, 6.45) is 0.559. The average molecular weight is 332 g/mol. The zero-order valence-electron chi connectivity index (χ0n) is 11.2. The second-order valence-electron chi connectivity index (χ2n) is 4.92. The predicted molar refractivity (Wildman–Crippen MR) is 85.1 cm³/mol. The maximum atomic E-state index is 12.2. The van der Waals surface area contributed by atoms with Gasteiger partial charge in [0.2, 0.25) is 0 Å². The van der Waals surface area contributed by atoms with Gasteiger partial charge in [0.1, 0.15) is 4.88 Å². The minimum absolute atomic E-state index is 0.188. The number of hydrogen-bond acceptors (Lipinski definition) is 3. The zero-order valence-corrected chi connectivity index (χ0v) is 13.5. The van der Waals surface area contributed by atoms with Crippen LogP contribution in [0.1, 0.15) is 29.9 Å². The van der Waals surface area contributed by atoms with Gasteiger partial charge < -0.3 is 10.4 Å². The highest BCUT2D eigenvalue weighted by molar-refractivity contribution is 7.21. The van der Waals surface area contributed by atoms with Crippen LogP contribution >= 0.6 is 34.5 Å². The summed E-state index contributed by atoms with van der Waals surface area (Å²) in [5, 5.41) is 14.5. The second-order valence-corrected chi connectivity index (χ2v) is 6.79. The monoisotopic (exact) mass is 331 g/mol. The fraction of sp³-hybridized carbons (Fsp3) is 0.357. The van der Waals surface area contributed by atoms with E-state index in [4.69, 9.17) is 23.2 Å². The van der Waals surface area contributed by atoms with E-state index in [1.54, 1.807) is 25.1 Å². The van der Waals surface area contributed by atoms with Crippen LogP contribution in [0.25, 0.3) is 10.1 Å². The van der Waals surface area contributed by atoms with Crippen molar-refractivity contribution in [2.75, 3.05) is 6.54 Å². The molecule has 0 saturated heterocycles. The summed E-state index contributed by atoms with van der Waals surface area (Å²) in [6, 6.07) is 5.33. The number of halogens is 2. The summed E-state index contributed by atoms with van der Waals surface area (Å²) in [4.78, 5) is 12.6. The van der Waals surface area contributed by atoms with Gasteiger partial charge in [-0.2, -0.15) is 0 Å². The van der Waals surface area contributed by atoms with Crippen LogP contribution in [-0.2, 0) is 0 Å². The molecular formula is C14H15Cl2NO2S. The Morgan fingerprint density at radius 3 is 2.80 bits per heavy atom. The number of thiophene rings is 1. The van der Waals surface area contributed by atoms with Crippen molar-refractivity contribution in [3.63, 3.8) is 0 Å². The molecule has 1 aromatic heterocycles. The molecule has 0 aliphatic rings. The fourth-order valence-corrected chi connectivity index (χ4v) is 3.37. The largest absolute Gasteiger partial charge is 0.388 e. The number of hydrogen-bond donors (Lipinski definition) is 2. The van der Waals surface area contributed by atoms with Gasteiger partial charge in [-0.1, -0.05) is 36.2 Å². The van der Waals surface area contributed by atoms with E-state index >= 15 is 0 Å². The minimum atomic E-state index is -0.915. The Balaban J connectivity index is 2.24. The van der Waals surface area contributed by atoms with Crippen molar-refractivity contribution in [1.29, 1.82) is 0 Å². The first-order valence-corrected chi connectivity index (χ1v) is 7.79. The summed E-state index contributed by atoms with van der Waals surface area (Å²) in [6.45, 7) is 3.73. The van der Waals surface area contributed by atoms with E-state index in [-0.39, 0.29) is 12.5 Å². The number of aliphatic hydroxyl groups is 1. The van der Waals surface area contributed by atoms with Crippen molar-refractivity contribution >= 4 is 50.5 Å². The number of amides is 1. The smallest absolute Gasteiger partial charge is 0.263 e. The highest BCUT2D eigenvalue weighted by Crippen LogP contribution is 2.36. The molecule has 0 bridgehead atoms. The van der Waals surface area contributed by atoms with Crippen molar-refractivity contribution in [1.82, 2.24) is 5.32 Å². The summed E-state index contributed by atoms with van der Waals surface area (Å²) in [5.74, 6) is -0.277. The van der Waals surface area contributed by atoms with Crippen molar-refractivity contribution in [2.45, 2.75) is 25.9 Å². The number of carbonyl (C=O) groups is 1. The van der Waals surface area contributed by atoms with Gasteiger partial charge in [0.25, 0.3) is 5.91 Å². The standard InChI is InChI=1S/C14H15Cl2NO2S/c1-3-14(2,19)7-17-13(18)12-11(16)9-5-4-8(15)6-10(9)20-12/h4-6,19H,3,7H2,1-2H3,(H,17,18). The summed E-state index contributed by atoms with van der Waals surface area (Å²) in [5.41, 5.74) is -0.915. The normalized spacial score (nSPS) is 14.2. The Labute approximate surface area is 131 Å². The van der Waals surface area contributed by atoms with E-state index in [1.807, 2.05) is 6.92 Å². The molecule has 1 unspecified atom stereocenters. The topological polar surface area (TPSA) is 49.3 Å². The van der Waals surface area contributed by atoms with Crippen LogP contribution in [-0.4, -0.2) is 23.2 Å². The first-order valence-electron chi connectivity index (χ1n) is 6.22. The number of carbonyl (C=O) groups excluding carboxylic acids is 1. The third kappa shape index (κ3) is 3.26. The van der Waals surface area contributed by atoms with Crippen LogP contribution in [0.4, 0.5) is 0 Å². The van der Waals surface area contributed by atoms with Gasteiger partial charge in [0.15, 0.2) is 0 Å². The first-order chi connectivity index (χ1) is 9.34. The maximum Gasteiger partial charge on any atom is 0.263 e. The molecule has 0 fully saturated rings. The van der Waals surface area contributed by atoms with Gasteiger partial charge in [0.05, 0.1) is 10.6 Å². The predicted octanol–water partition coefficient (Wildman–Crippen LogP) is 4.10. The van der Waals surface area contributed by atoms with E-state index in [1.165, 1.54) is 11.3 Å². The summed E-state index contributed by atoms with van der Waals surface area (Å²) in [7, 11) is 0. The minimum Gasteiger partial charge on any atom is -0.388 e. The molecule has 0 spiro atoms. The second kappa shape index (κ2) is 5.90. The van der Waals surface area contributed by atoms with Crippen LogP contribution in [0.2, 0.25) is 10.0 Å². The Bertz CT molecular complexity index is 652. The van der Waals surface area contributed by atoms with Crippen LogP contribution < -0.4 is 5.32 Å². The van der Waals surface area contributed by atoms with E-state index < -0.39 is 5.60 Å². The number of benzene rings is 1. The SMILES string of the molecule is CCC(C)(O)CNC(=O)c1sc2cc(Cl)ccc2c1Cl. The Morgan fingerprint density at radius 1 is 1.45 bits per heavy atom. The molecule has 1 atom stereocenters. The molecule has 20 heavy (non-hydrogen) atoms. The molecule has 1 heterocycles. The van der Waals surface area contributed by atoms with E-state index in [0.29, 0.717) is 21.3 Å². The Morgan fingerprint density at radius 2 is 2.15 bits per heavy atom. The van der Waals surface area contributed by atoms with Crippen LogP contribution in [0.15, 0.2) is 18.2 Å². The lowest BCUT2D eigenvalue weighted by Crippen LogP contribution is -2.39. The molecule has 0 aliphatic heterocycles. The summed E-state index contributed by atoms with van der Waals surface area (Å²) < 4.78 is 0.870. The third-order valence-electron chi connectivity index (χ3n) is 3.19. The number of nitrogens with one attached hydrogen (secondary N) is 1. The molecule has 108 valence electrons. The lowest BCUT2D eigenvalue weighted by Gasteiger charge is -2.21. The molecule has 3 nitrogen and oxygen atoms in total. The molecular weight excluding hydrogens is 317 g/mol. The van der Waals surface area contributed by atoms with Gasteiger partial charge in [-0.05, 0) is 25.5 Å². The van der Waals surface area contributed by atoms with Crippen molar-refractivity contribution in [3.05, 3.63) is 33.1 Å². The van der Waals surface area contributed by atoms with Gasteiger partial charge in [-0.3, -0.25) is 4.79 Å². The molecule has 6 heteroatoms.